The number of rotatable bonds is 6. The zero-order valence-electron chi connectivity index (χ0n) is 13.7. The van der Waals surface area contributed by atoms with E-state index in [1.807, 2.05) is 6.07 Å². The molecule has 5 nitrogen and oxygen atoms in total. The average Bonchev–Trinajstić information content (AvgIpc) is 2.92. The van der Waals surface area contributed by atoms with Gasteiger partial charge in [-0.25, -0.2) is 0 Å². The maximum absolute atomic E-state index is 12.4. The second-order valence-electron chi connectivity index (χ2n) is 6.24. The van der Waals surface area contributed by atoms with Gasteiger partial charge < -0.3 is 15.4 Å². The van der Waals surface area contributed by atoms with Crippen molar-refractivity contribution >= 4 is 23.4 Å². The highest BCUT2D eigenvalue weighted by molar-refractivity contribution is 6.30. The molecule has 1 aliphatic heterocycles. The largest absolute Gasteiger partial charge is 0.496 e. The Kier molecular flexibility index (Phi) is 5.88. The molecule has 0 bridgehead atoms. The van der Waals surface area contributed by atoms with Gasteiger partial charge in [-0.2, -0.15) is 0 Å². The summed E-state index contributed by atoms with van der Waals surface area (Å²) in [5.74, 6) is 0.826. The van der Waals surface area contributed by atoms with E-state index >= 15 is 0 Å². The highest BCUT2D eigenvalue weighted by Crippen LogP contribution is 2.32. The van der Waals surface area contributed by atoms with Crippen LogP contribution in [-0.4, -0.2) is 25.0 Å². The van der Waals surface area contributed by atoms with E-state index in [1.165, 1.54) is 0 Å². The van der Waals surface area contributed by atoms with Crippen molar-refractivity contribution in [3.8, 4) is 5.75 Å². The van der Waals surface area contributed by atoms with Crippen LogP contribution >= 0.6 is 11.6 Å². The molecule has 0 radical (unpaired) electrons. The molecule has 1 saturated heterocycles. The zero-order chi connectivity index (χ0) is 17.0. The minimum absolute atomic E-state index is 0.0779. The van der Waals surface area contributed by atoms with Crippen LogP contribution in [0.1, 0.15) is 44.7 Å². The van der Waals surface area contributed by atoms with Crippen molar-refractivity contribution < 1.29 is 14.3 Å². The van der Waals surface area contributed by atoms with E-state index in [0.717, 1.165) is 12.0 Å². The Morgan fingerprint density at radius 2 is 2.22 bits per heavy atom. The maximum Gasteiger partial charge on any atom is 0.243 e. The van der Waals surface area contributed by atoms with Gasteiger partial charge in [-0.3, -0.25) is 9.59 Å². The lowest BCUT2D eigenvalue weighted by molar-refractivity contribution is -0.126. The van der Waals surface area contributed by atoms with Gasteiger partial charge in [0.05, 0.1) is 13.2 Å². The molecule has 6 heteroatoms. The van der Waals surface area contributed by atoms with Crippen molar-refractivity contribution in [1.29, 1.82) is 0 Å². The highest BCUT2D eigenvalue weighted by Gasteiger charge is 2.29. The first kappa shape index (κ1) is 17.6. The lowest BCUT2D eigenvalue weighted by Gasteiger charge is -2.24. The van der Waals surface area contributed by atoms with Gasteiger partial charge in [0.2, 0.25) is 11.8 Å². The molecular weight excluding hydrogens is 316 g/mol. The van der Waals surface area contributed by atoms with Gasteiger partial charge in [0, 0.05) is 17.0 Å². The molecule has 2 atom stereocenters. The summed E-state index contributed by atoms with van der Waals surface area (Å²) in [5, 5.41) is 6.33. The normalized spacial score (nSPS) is 18.7. The van der Waals surface area contributed by atoms with Gasteiger partial charge in [-0.1, -0.05) is 25.4 Å². The van der Waals surface area contributed by atoms with Crippen molar-refractivity contribution in [3.63, 3.8) is 0 Å². The number of hydrogen-bond acceptors (Lipinski definition) is 3. The molecule has 0 aliphatic carbocycles. The molecule has 23 heavy (non-hydrogen) atoms. The summed E-state index contributed by atoms with van der Waals surface area (Å²) in [5.41, 5.74) is 0.853. The van der Waals surface area contributed by atoms with E-state index in [0.29, 0.717) is 29.5 Å². The molecule has 0 aromatic heterocycles. The number of carbonyl (C=O) groups excluding carboxylic acids is 2. The number of amides is 2. The Morgan fingerprint density at radius 3 is 2.78 bits per heavy atom. The summed E-state index contributed by atoms with van der Waals surface area (Å²) in [6, 6.07) is 4.71. The predicted octanol–water partition coefficient (Wildman–Crippen LogP) is 2.83. The van der Waals surface area contributed by atoms with E-state index in [-0.39, 0.29) is 17.9 Å². The summed E-state index contributed by atoms with van der Waals surface area (Å²) in [6.45, 7) is 4.18. The first-order valence-electron chi connectivity index (χ1n) is 7.84. The van der Waals surface area contributed by atoms with Gasteiger partial charge >= 0.3 is 0 Å². The molecular formula is C17H23ClN2O3. The fourth-order valence-corrected chi connectivity index (χ4v) is 2.98. The van der Waals surface area contributed by atoms with Crippen molar-refractivity contribution in [2.75, 3.05) is 7.11 Å². The Labute approximate surface area is 141 Å². The Bertz CT molecular complexity index is 589. The topological polar surface area (TPSA) is 67.4 Å². The maximum atomic E-state index is 12.4. The second kappa shape index (κ2) is 7.68. The summed E-state index contributed by atoms with van der Waals surface area (Å²) in [7, 11) is 1.60. The van der Waals surface area contributed by atoms with E-state index in [1.54, 1.807) is 19.2 Å². The molecule has 0 spiro atoms. The summed E-state index contributed by atoms with van der Waals surface area (Å²) >= 11 is 6.11. The molecule has 2 unspecified atom stereocenters. The van der Waals surface area contributed by atoms with E-state index in [4.69, 9.17) is 16.3 Å². The summed E-state index contributed by atoms with van der Waals surface area (Å²) in [4.78, 5) is 23.7. The minimum Gasteiger partial charge on any atom is -0.496 e. The third-order valence-corrected chi connectivity index (χ3v) is 4.14. The monoisotopic (exact) mass is 338 g/mol. The third kappa shape index (κ3) is 4.61. The lowest BCUT2D eigenvalue weighted by Crippen LogP contribution is -2.43. The number of carbonyl (C=O) groups is 2. The van der Waals surface area contributed by atoms with Gasteiger partial charge in [-0.15, -0.1) is 0 Å². The average molecular weight is 339 g/mol. The van der Waals surface area contributed by atoms with Crippen LogP contribution in [0.3, 0.4) is 0 Å². The predicted molar refractivity (Wildman–Crippen MR) is 89.5 cm³/mol. The SMILES string of the molecule is COc1ccc(Cl)cc1C(CC(C)C)NC(=O)C1CCC(=O)N1. The summed E-state index contributed by atoms with van der Waals surface area (Å²) < 4.78 is 5.41. The Morgan fingerprint density at radius 1 is 1.48 bits per heavy atom. The van der Waals surface area contributed by atoms with Gasteiger partial charge in [0.15, 0.2) is 0 Å². The second-order valence-corrected chi connectivity index (χ2v) is 6.67. The van der Waals surface area contributed by atoms with E-state index < -0.39 is 6.04 Å². The molecule has 1 aromatic rings. The molecule has 2 N–H and O–H groups in total. The quantitative estimate of drug-likeness (QED) is 0.838. The minimum atomic E-state index is -0.456. The fraction of sp³-hybridized carbons (Fsp3) is 0.529. The van der Waals surface area contributed by atoms with Crippen LogP contribution in [0.4, 0.5) is 0 Å². The Balaban J connectivity index is 2.21. The molecule has 1 aromatic carbocycles. The molecule has 126 valence electrons. The van der Waals surface area contributed by atoms with E-state index in [2.05, 4.69) is 24.5 Å². The van der Waals surface area contributed by atoms with Crippen LogP contribution in [0.2, 0.25) is 5.02 Å². The highest BCUT2D eigenvalue weighted by atomic mass is 35.5. The van der Waals surface area contributed by atoms with Crippen LogP contribution < -0.4 is 15.4 Å². The molecule has 2 amide bonds. The molecule has 0 saturated carbocycles. The fourth-order valence-electron chi connectivity index (χ4n) is 2.80. The van der Waals surface area contributed by atoms with Crippen LogP contribution in [0.5, 0.6) is 5.75 Å². The van der Waals surface area contributed by atoms with Crippen molar-refractivity contribution in [1.82, 2.24) is 10.6 Å². The lowest BCUT2D eigenvalue weighted by atomic mass is 9.95. The molecule has 1 aliphatic rings. The molecule has 1 fully saturated rings. The van der Waals surface area contributed by atoms with Crippen LogP contribution in [0.15, 0.2) is 18.2 Å². The first-order valence-corrected chi connectivity index (χ1v) is 8.21. The summed E-state index contributed by atoms with van der Waals surface area (Å²) in [6.07, 6.45) is 1.68. The van der Waals surface area contributed by atoms with Crippen molar-refractivity contribution in [2.24, 2.45) is 5.92 Å². The molecule has 1 heterocycles. The standard InChI is InChI=1S/C17H23ClN2O3/c1-10(2)8-14(12-9-11(18)4-6-15(12)23-3)20-17(22)13-5-7-16(21)19-13/h4,6,9-10,13-14H,5,7-8H2,1-3H3,(H,19,21)(H,20,22). The van der Waals surface area contributed by atoms with Crippen molar-refractivity contribution in [2.45, 2.75) is 45.2 Å². The number of benzene rings is 1. The number of ether oxygens (including phenoxy) is 1. The third-order valence-electron chi connectivity index (χ3n) is 3.90. The number of halogens is 1. The van der Waals surface area contributed by atoms with Gasteiger partial charge in [0.1, 0.15) is 11.8 Å². The van der Waals surface area contributed by atoms with Crippen LogP contribution in [0.25, 0.3) is 0 Å². The van der Waals surface area contributed by atoms with Gasteiger partial charge in [-0.05, 0) is 37.0 Å². The van der Waals surface area contributed by atoms with E-state index in [9.17, 15) is 9.59 Å². The van der Waals surface area contributed by atoms with Crippen molar-refractivity contribution in [3.05, 3.63) is 28.8 Å². The van der Waals surface area contributed by atoms with Crippen LogP contribution in [0, 0.1) is 5.92 Å². The van der Waals surface area contributed by atoms with Crippen LogP contribution in [-0.2, 0) is 9.59 Å². The van der Waals surface area contributed by atoms with Gasteiger partial charge in [0.25, 0.3) is 0 Å². The number of hydrogen-bond donors (Lipinski definition) is 2. The number of methoxy groups -OCH3 is 1. The Hall–Kier alpha value is -1.75. The first-order chi connectivity index (χ1) is 10.9. The zero-order valence-corrected chi connectivity index (χ0v) is 14.4. The smallest absolute Gasteiger partial charge is 0.243 e. The molecule has 2 rings (SSSR count). The number of nitrogens with one attached hydrogen (secondary N) is 2.